The van der Waals surface area contributed by atoms with Crippen molar-refractivity contribution in [1.29, 1.82) is 0 Å². The third-order valence-corrected chi connectivity index (χ3v) is 1.22. The zero-order valence-corrected chi connectivity index (χ0v) is 8.66. The predicted octanol–water partition coefficient (Wildman–Crippen LogP) is 0.461. The number of Topliss-reactive ketones (excluding diaryl/α,β-unsaturated/α-hetero) is 3. The Hall–Kier alpha value is -1.52. The van der Waals surface area contributed by atoms with Gasteiger partial charge in [-0.25, -0.2) is 0 Å². The van der Waals surface area contributed by atoms with Crippen LogP contribution in [-0.4, -0.2) is 28.4 Å². The van der Waals surface area contributed by atoms with E-state index in [0.717, 1.165) is 6.92 Å². The van der Waals surface area contributed by atoms with E-state index in [1.807, 2.05) is 0 Å². The summed E-state index contributed by atoms with van der Waals surface area (Å²) in [5.74, 6) is -2.99. The van der Waals surface area contributed by atoms with Crippen LogP contribution < -0.4 is 0 Å². The summed E-state index contributed by atoms with van der Waals surface area (Å²) in [7, 11) is 0. The van der Waals surface area contributed by atoms with Gasteiger partial charge in [0, 0.05) is 6.92 Å². The van der Waals surface area contributed by atoms with Crippen LogP contribution in [0.1, 0.15) is 27.7 Å². The number of carboxylic acids is 1. The third-order valence-electron chi connectivity index (χ3n) is 1.22. The van der Waals surface area contributed by atoms with Crippen LogP contribution in [0.5, 0.6) is 0 Å². The molecule has 0 aliphatic carbocycles. The van der Waals surface area contributed by atoms with E-state index in [1.54, 1.807) is 0 Å². The van der Waals surface area contributed by atoms with Gasteiger partial charge in [-0.1, -0.05) is 0 Å². The Labute approximate surface area is 82.1 Å². The molecule has 0 amide bonds. The molecule has 0 aromatic heterocycles. The minimum atomic E-state index is -1.03. The van der Waals surface area contributed by atoms with E-state index in [9.17, 15) is 14.4 Å². The van der Waals surface area contributed by atoms with Crippen LogP contribution in [0, 0.1) is 5.92 Å². The second kappa shape index (κ2) is 6.94. The number of hydrogen-bond acceptors (Lipinski definition) is 4. The van der Waals surface area contributed by atoms with Gasteiger partial charge in [-0.2, -0.15) is 0 Å². The normalized spacial score (nSPS) is 8.64. The van der Waals surface area contributed by atoms with Gasteiger partial charge in [0.25, 0.3) is 5.97 Å². The predicted molar refractivity (Wildman–Crippen MR) is 48.8 cm³/mol. The number of aliphatic carboxylic acids is 1. The summed E-state index contributed by atoms with van der Waals surface area (Å²) >= 11 is 0. The van der Waals surface area contributed by atoms with Crippen molar-refractivity contribution in [2.24, 2.45) is 5.92 Å². The summed E-state index contributed by atoms with van der Waals surface area (Å²) in [5.41, 5.74) is 0. The number of carbonyl (C=O) groups is 4. The van der Waals surface area contributed by atoms with Crippen LogP contribution in [0.4, 0.5) is 0 Å². The highest BCUT2D eigenvalue weighted by Crippen LogP contribution is 2.00. The lowest BCUT2D eigenvalue weighted by Gasteiger charge is -2.02. The third kappa shape index (κ3) is 8.58. The van der Waals surface area contributed by atoms with Crippen molar-refractivity contribution in [3.8, 4) is 0 Å². The van der Waals surface area contributed by atoms with Gasteiger partial charge in [-0.05, 0) is 20.8 Å². The minimum Gasteiger partial charge on any atom is -0.481 e. The second-order valence-corrected chi connectivity index (χ2v) is 2.78. The molecule has 0 saturated heterocycles. The molecule has 0 aliphatic rings. The van der Waals surface area contributed by atoms with Crippen molar-refractivity contribution in [3.05, 3.63) is 0 Å². The molecule has 0 spiro atoms. The van der Waals surface area contributed by atoms with Crippen molar-refractivity contribution in [3.63, 3.8) is 0 Å². The standard InChI is InChI=1S/C7H10O3.C2H4O2/c1-4(8)7(5(2)9)6(3)10;1-2(3)4/h7H,1-3H3;1H3,(H,3,4). The summed E-state index contributed by atoms with van der Waals surface area (Å²) in [6, 6.07) is 0. The van der Waals surface area contributed by atoms with E-state index >= 15 is 0 Å². The highest BCUT2D eigenvalue weighted by atomic mass is 16.4. The molecule has 0 unspecified atom stereocenters. The minimum absolute atomic E-state index is 0.375. The first-order valence-corrected chi connectivity index (χ1v) is 3.91. The quantitative estimate of drug-likeness (QED) is 0.671. The Morgan fingerprint density at radius 3 is 0.929 bits per heavy atom. The number of rotatable bonds is 3. The first-order chi connectivity index (χ1) is 6.20. The maximum Gasteiger partial charge on any atom is 0.300 e. The first-order valence-electron chi connectivity index (χ1n) is 3.91. The highest BCUT2D eigenvalue weighted by molar-refractivity contribution is 6.17. The Morgan fingerprint density at radius 1 is 0.786 bits per heavy atom. The summed E-state index contributed by atoms with van der Waals surface area (Å²) < 4.78 is 0. The van der Waals surface area contributed by atoms with Gasteiger partial charge in [0.1, 0.15) is 23.3 Å². The lowest BCUT2D eigenvalue weighted by atomic mass is 9.97. The van der Waals surface area contributed by atoms with Crippen molar-refractivity contribution in [1.82, 2.24) is 0 Å². The van der Waals surface area contributed by atoms with E-state index in [1.165, 1.54) is 20.8 Å². The zero-order chi connectivity index (χ0) is 11.9. The van der Waals surface area contributed by atoms with Gasteiger partial charge in [0.2, 0.25) is 0 Å². The Morgan fingerprint density at radius 2 is 0.929 bits per heavy atom. The number of carboxylic acid groups (broad SMARTS) is 1. The summed E-state index contributed by atoms with van der Waals surface area (Å²) in [5, 5.41) is 7.42. The molecule has 0 bridgehead atoms. The molecule has 14 heavy (non-hydrogen) atoms. The summed E-state index contributed by atoms with van der Waals surface area (Å²) in [6.07, 6.45) is 0. The van der Waals surface area contributed by atoms with Gasteiger partial charge in [0.15, 0.2) is 0 Å². The average molecular weight is 202 g/mol. The van der Waals surface area contributed by atoms with E-state index in [0.29, 0.717) is 0 Å². The molecule has 0 rings (SSSR count). The Bertz CT molecular complexity index is 217. The van der Waals surface area contributed by atoms with Gasteiger partial charge >= 0.3 is 0 Å². The SMILES string of the molecule is CC(=O)C(C(C)=O)C(C)=O.CC(=O)O. The molecular weight excluding hydrogens is 188 g/mol. The number of hydrogen-bond donors (Lipinski definition) is 1. The van der Waals surface area contributed by atoms with Crippen molar-refractivity contribution in [2.75, 3.05) is 0 Å². The van der Waals surface area contributed by atoms with Crippen molar-refractivity contribution < 1.29 is 24.3 Å². The van der Waals surface area contributed by atoms with Crippen LogP contribution >= 0.6 is 0 Å². The molecule has 0 aliphatic heterocycles. The molecule has 0 atom stereocenters. The van der Waals surface area contributed by atoms with Gasteiger partial charge in [-0.15, -0.1) is 0 Å². The summed E-state index contributed by atoms with van der Waals surface area (Å²) in [6.45, 7) is 4.81. The lowest BCUT2D eigenvalue weighted by Crippen LogP contribution is -2.26. The molecule has 0 heterocycles. The largest absolute Gasteiger partial charge is 0.481 e. The molecule has 0 aromatic rings. The lowest BCUT2D eigenvalue weighted by molar-refractivity contribution is -0.138. The summed E-state index contributed by atoms with van der Waals surface area (Å²) in [4.78, 5) is 40.8. The molecule has 1 N–H and O–H groups in total. The van der Waals surface area contributed by atoms with Crippen molar-refractivity contribution >= 4 is 23.3 Å². The molecule has 0 fully saturated rings. The highest BCUT2D eigenvalue weighted by Gasteiger charge is 2.23. The molecule has 0 saturated carbocycles. The van der Waals surface area contributed by atoms with Gasteiger partial charge < -0.3 is 5.11 Å². The second-order valence-electron chi connectivity index (χ2n) is 2.78. The molecule has 5 heteroatoms. The van der Waals surface area contributed by atoms with E-state index in [-0.39, 0.29) is 17.3 Å². The fourth-order valence-electron chi connectivity index (χ4n) is 0.859. The number of carbonyl (C=O) groups excluding carboxylic acids is 3. The fraction of sp³-hybridized carbons (Fsp3) is 0.556. The maximum absolute atomic E-state index is 10.6. The van der Waals surface area contributed by atoms with Gasteiger partial charge in [0.05, 0.1) is 0 Å². The molecule has 0 radical (unpaired) electrons. The van der Waals surface area contributed by atoms with Crippen LogP contribution in [0.2, 0.25) is 0 Å². The molecule has 80 valence electrons. The smallest absolute Gasteiger partial charge is 0.300 e. The van der Waals surface area contributed by atoms with Crippen LogP contribution in [0.3, 0.4) is 0 Å². The molecular formula is C9H14O5. The maximum atomic E-state index is 10.6. The topological polar surface area (TPSA) is 88.5 Å². The van der Waals surface area contributed by atoms with E-state index in [2.05, 4.69) is 0 Å². The van der Waals surface area contributed by atoms with E-state index < -0.39 is 11.9 Å². The van der Waals surface area contributed by atoms with Crippen molar-refractivity contribution in [2.45, 2.75) is 27.7 Å². The monoisotopic (exact) mass is 202 g/mol. The van der Waals surface area contributed by atoms with Crippen LogP contribution in [0.25, 0.3) is 0 Å². The first kappa shape index (κ1) is 15.0. The van der Waals surface area contributed by atoms with Crippen LogP contribution in [0.15, 0.2) is 0 Å². The fourth-order valence-corrected chi connectivity index (χ4v) is 0.859. The zero-order valence-electron chi connectivity index (χ0n) is 8.66. The average Bonchev–Trinajstić information content (AvgIpc) is 1.80. The van der Waals surface area contributed by atoms with Crippen LogP contribution in [-0.2, 0) is 19.2 Å². The Kier molecular flexibility index (Phi) is 7.42. The molecule has 5 nitrogen and oxygen atoms in total. The Balaban J connectivity index is 0. The van der Waals surface area contributed by atoms with E-state index in [4.69, 9.17) is 9.90 Å². The number of ketones is 3. The molecule has 0 aromatic carbocycles. The van der Waals surface area contributed by atoms with Gasteiger partial charge in [-0.3, -0.25) is 19.2 Å².